The molecule has 0 aromatic heterocycles. The van der Waals surface area contributed by atoms with Crippen molar-refractivity contribution >= 4 is 23.0 Å². The molecule has 8 N–H and O–H groups in total. The molecule has 0 amide bonds. The Morgan fingerprint density at radius 2 is 1.96 bits per heavy atom. The number of aliphatic hydroxyl groups excluding tert-OH is 4. The lowest BCUT2D eigenvalue weighted by molar-refractivity contribution is -0.383. The van der Waals surface area contributed by atoms with E-state index < -0.39 is 41.2 Å². The molecule has 0 spiro atoms. The minimum absolute atomic E-state index is 0.129. The first kappa shape index (κ1) is 18.0. The van der Waals surface area contributed by atoms with Gasteiger partial charge in [0.05, 0.1) is 11.5 Å². The second kappa shape index (κ2) is 7.29. The molecule has 126 valence electrons. The monoisotopic (exact) mass is 329 g/mol. The van der Waals surface area contributed by atoms with Gasteiger partial charge in [-0.25, -0.2) is 4.79 Å². The number of nitro groups is 1. The topological polar surface area (TPSA) is 202 Å². The van der Waals surface area contributed by atoms with E-state index in [0.29, 0.717) is 5.69 Å². The van der Waals surface area contributed by atoms with Crippen LogP contribution in [0.5, 0.6) is 0 Å². The van der Waals surface area contributed by atoms with Crippen LogP contribution in [0.2, 0.25) is 0 Å². The molecule has 1 unspecified atom stereocenters. The van der Waals surface area contributed by atoms with Crippen molar-refractivity contribution in [3.63, 3.8) is 0 Å². The molecule has 1 aliphatic heterocycles. The standard InChI is InChI=1S/C6H7N3O2.C6H8O6/c7-4-1-2-5(8)6(3-4)9(10)11;7-1-2(8)5-3(9)4(10)6(11)12-5/h1-3H,7-8H2;2,5,7-10H,1H2/t;2?,5-/m.1/s1. The molecule has 0 radical (unpaired) electrons. The number of anilines is 2. The third-order valence-electron chi connectivity index (χ3n) is 2.73. The van der Waals surface area contributed by atoms with Crippen molar-refractivity contribution in [3.05, 3.63) is 39.8 Å². The maximum atomic E-state index is 10.5. The van der Waals surface area contributed by atoms with Crippen LogP contribution >= 0.6 is 0 Å². The van der Waals surface area contributed by atoms with Crippen molar-refractivity contribution in [2.24, 2.45) is 0 Å². The number of nitrogens with two attached hydrogens (primary N) is 2. The van der Waals surface area contributed by atoms with Crippen LogP contribution in [0.25, 0.3) is 0 Å². The Hall–Kier alpha value is -3.05. The van der Waals surface area contributed by atoms with Crippen LogP contribution < -0.4 is 11.5 Å². The zero-order chi connectivity index (χ0) is 17.7. The van der Waals surface area contributed by atoms with Crippen molar-refractivity contribution < 1.29 is 34.9 Å². The SMILES string of the molecule is Nc1ccc(N)c([N+](=O)[O-])c1.O=C1O[C@H](C(O)CO)C(O)=C1O. The highest BCUT2D eigenvalue weighted by atomic mass is 16.6. The Labute approximate surface area is 129 Å². The van der Waals surface area contributed by atoms with Crippen LogP contribution in [-0.2, 0) is 9.53 Å². The van der Waals surface area contributed by atoms with Gasteiger partial charge in [-0.1, -0.05) is 0 Å². The first-order chi connectivity index (χ1) is 10.7. The number of hydrogen-bond acceptors (Lipinski definition) is 10. The van der Waals surface area contributed by atoms with Gasteiger partial charge in [0.1, 0.15) is 11.8 Å². The molecule has 2 atom stereocenters. The first-order valence-electron chi connectivity index (χ1n) is 6.10. The fourth-order valence-corrected chi connectivity index (χ4v) is 1.54. The smallest absolute Gasteiger partial charge is 0.377 e. The zero-order valence-corrected chi connectivity index (χ0v) is 11.6. The predicted octanol–water partition coefficient (Wildman–Crippen LogP) is -0.648. The molecule has 0 saturated heterocycles. The molecule has 0 fully saturated rings. The maximum Gasteiger partial charge on any atom is 0.377 e. The number of aliphatic hydroxyl groups is 4. The maximum absolute atomic E-state index is 10.5. The summed E-state index contributed by atoms with van der Waals surface area (Å²) in [7, 11) is 0. The Balaban J connectivity index is 0.000000231. The molecule has 23 heavy (non-hydrogen) atoms. The van der Waals surface area contributed by atoms with Gasteiger partial charge in [0.2, 0.25) is 5.76 Å². The summed E-state index contributed by atoms with van der Waals surface area (Å²) in [6.07, 6.45) is -2.78. The molecule has 1 heterocycles. The number of nitro benzene ring substituents is 1. The van der Waals surface area contributed by atoms with E-state index in [2.05, 4.69) is 4.74 Å². The van der Waals surface area contributed by atoms with Gasteiger partial charge in [-0.05, 0) is 12.1 Å². The van der Waals surface area contributed by atoms with Gasteiger partial charge in [-0.3, -0.25) is 10.1 Å². The van der Waals surface area contributed by atoms with Crippen molar-refractivity contribution in [2.45, 2.75) is 12.2 Å². The predicted molar refractivity (Wildman–Crippen MR) is 77.2 cm³/mol. The number of nitrogen functional groups attached to an aromatic ring is 2. The Morgan fingerprint density at radius 1 is 1.35 bits per heavy atom. The number of rotatable bonds is 3. The molecule has 1 aromatic rings. The van der Waals surface area contributed by atoms with Crippen LogP contribution in [0.15, 0.2) is 29.7 Å². The van der Waals surface area contributed by atoms with Crippen LogP contribution in [0.3, 0.4) is 0 Å². The lowest BCUT2D eigenvalue weighted by Gasteiger charge is -2.13. The molecule has 1 aromatic carbocycles. The number of carbonyl (C=O) groups is 1. The van der Waals surface area contributed by atoms with Gasteiger partial charge in [0, 0.05) is 11.8 Å². The lowest BCUT2D eigenvalue weighted by Crippen LogP contribution is -2.31. The normalized spacial score (nSPS) is 18.0. The summed E-state index contributed by atoms with van der Waals surface area (Å²) in [6, 6.07) is 4.16. The molecule has 11 heteroatoms. The highest BCUT2D eigenvalue weighted by Crippen LogP contribution is 2.23. The van der Waals surface area contributed by atoms with Gasteiger partial charge >= 0.3 is 5.97 Å². The molecule has 0 saturated carbocycles. The Morgan fingerprint density at radius 3 is 2.35 bits per heavy atom. The minimum atomic E-state index is -1.42. The third-order valence-corrected chi connectivity index (χ3v) is 2.73. The molecule has 1 aliphatic rings. The molecule has 11 nitrogen and oxygen atoms in total. The van der Waals surface area contributed by atoms with Crippen molar-refractivity contribution in [1.29, 1.82) is 0 Å². The lowest BCUT2D eigenvalue weighted by atomic mass is 10.2. The van der Waals surface area contributed by atoms with Gasteiger partial charge in [-0.15, -0.1) is 0 Å². The number of esters is 1. The highest BCUT2D eigenvalue weighted by molar-refractivity contribution is 5.89. The summed E-state index contributed by atoms with van der Waals surface area (Å²) >= 11 is 0. The van der Waals surface area contributed by atoms with Gasteiger partial charge < -0.3 is 36.6 Å². The van der Waals surface area contributed by atoms with E-state index in [1.807, 2.05) is 0 Å². The molecule has 2 rings (SSSR count). The number of nitrogens with zero attached hydrogens (tertiary/aromatic N) is 1. The summed E-state index contributed by atoms with van der Waals surface area (Å²) in [4.78, 5) is 20.2. The summed E-state index contributed by atoms with van der Waals surface area (Å²) in [5, 5.41) is 45.3. The van der Waals surface area contributed by atoms with Crippen molar-refractivity contribution in [3.8, 4) is 0 Å². The minimum Gasteiger partial charge on any atom is -0.505 e. The van der Waals surface area contributed by atoms with Crippen molar-refractivity contribution in [1.82, 2.24) is 0 Å². The van der Waals surface area contributed by atoms with Crippen LogP contribution in [0.1, 0.15) is 0 Å². The number of ether oxygens (including phenoxy) is 1. The quantitative estimate of drug-likeness (QED) is 0.179. The Kier molecular flexibility index (Phi) is 5.70. The largest absolute Gasteiger partial charge is 0.505 e. The number of benzene rings is 1. The van der Waals surface area contributed by atoms with E-state index in [9.17, 15) is 14.9 Å². The second-order valence-corrected chi connectivity index (χ2v) is 4.39. The highest BCUT2D eigenvalue weighted by Gasteiger charge is 2.38. The van der Waals surface area contributed by atoms with E-state index in [-0.39, 0.29) is 11.4 Å². The van der Waals surface area contributed by atoms with Gasteiger partial charge in [0.25, 0.3) is 5.69 Å². The number of hydrogen-bond donors (Lipinski definition) is 6. The van der Waals surface area contributed by atoms with Gasteiger partial charge in [-0.2, -0.15) is 0 Å². The van der Waals surface area contributed by atoms with E-state index >= 15 is 0 Å². The van der Waals surface area contributed by atoms with E-state index in [1.54, 1.807) is 0 Å². The summed E-state index contributed by atoms with van der Waals surface area (Å²) < 4.78 is 4.32. The van der Waals surface area contributed by atoms with E-state index in [0.717, 1.165) is 0 Å². The van der Waals surface area contributed by atoms with Crippen LogP contribution in [0, 0.1) is 10.1 Å². The average Bonchev–Trinajstić information content (AvgIpc) is 2.77. The summed E-state index contributed by atoms with van der Waals surface area (Å²) in [6.45, 7) is -0.671. The number of cyclic esters (lactones) is 1. The summed E-state index contributed by atoms with van der Waals surface area (Å²) in [5.41, 5.74) is 10.9. The first-order valence-corrected chi connectivity index (χ1v) is 6.10. The second-order valence-electron chi connectivity index (χ2n) is 4.39. The number of carbonyl (C=O) groups excluding carboxylic acids is 1. The van der Waals surface area contributed by atoms with Gasteiger partial charge in [0.15, 0.2) is 11.9 Å². The molecular weight excluding hydrogens is 314 g/mol. The van der Waals surface area contributed by atoms with E-state index in [1.165, 1.54) is 18.2 Å². The zero-order valence-electron chi connectivity index (χ0n) is 11.6. The fourth-order valence-electron chi connectivity index (χ4n) is 1.54. The molecular formula is C12H15N3O8. The van der Waals surface area contributed by atoms with Crippen molar-refractivity contribution in [2.75, 3.05) is 18.1 Å². The van der Waals surface area contributed by atoms with Crippen LogP contribution in [-0.4, -0.2) is 50.1 Å². The average molecular weight is 329 g/mol. The Bertz CT molecular complexity index is 645. The van der Waals surface area contributed by atoms with E-state index in [4.69, 9.17) is 31.9 Å². The molecule has 0 bridgehead atoms. The third kappa shape index (κ3) is 4.21. The summed E-state index contributed by atoms with van der Waals surface area (Å²) in [5.74, 6) is -2.78. The van der Waals surface area contributed by atoms with Crippen LogP contribution in [0.4, 0.5) is 17.1 Å². The fraction of sp³-hybridized carbons (Fsp3) is 0.250. The molecule has 0 aliphatic carbocycles.